The molecule has 3 heterocycles. The number of aryl methyl sites for hydroxylation is 3. The summed E-state index contributed by atoms with van der Waals surface area (Å²) in [6.07, 6.45) is 6.78. The molecule has 0 aliphatic carbocycles. The lowest BCUT2D eigenvalue weighted by Crippen LogP contribution is -2.40. The van der Waals surface area contributed by atoms with E-state index in [1.807, 2.05) is 30.8 Å². The van der Waals surface area contributed by atoms with Gasteiger partial charge in [-0.05, 0) is 44.4 Å². The maximum atomic E-state index is 12.6. The monoisotopic (exact) mass is 341 g/mol. The van der Waals surface area contributed by atoms with E-state index in [0.717, 1.165) is 50.2 Å². The molecule has 1 N–H and O–H groups in total. The lowest BCUT2D eigenvalue weighted by atomic mass is 9.96. The third-order valence-electron chi connectivity index (χ3n) is 4.76. The smallest absolute Gasteiger partial charge is 0.229 e. The summed E-state index contributed by atoms with van der Waals surface area (Å²) in [6.45, 7) is 6.80. The Bertz CT molecular complexity index is 722. The van der Waals surface area contributed by atoms with Gasteiger partial charge in [0.05, 0.1) is 11.6 Å². The number of likely N-dealkylation sites (tertiary alicyclic amines) is 1. The van der Waals surface area contributed by atoms with Crippen LogP contribution in [0.25, 0.3) is 0 Å². The number of anilines is 1. The van der Waals surface area contributed by atoms with E-state index in [1.54, 1.807) is 6.20 Å². The molecular formula is C19H27N5O. The van der Waals surface area contributed by atoms with Gasteiger partial charge < -0.3 is 5.32 Å². The molecule has 25 heavy (non-hydrogen) atoms. The molecule has 2 aromatic heterocycles. The van der Waals surface area contributed by atoms with Crippen LogP contribution in [0, 0.1) is 12.8 Å². The quantitative estimate of drug-likeness (QED) is 0.908. The molecule has 1 atom stereocenters. The molecule has 0 aromatic carbocycles. The topological polar surface area (TPSA) is 63.1 Å². The number of rotatable bonds is 5. The van der Waals surface area contributed by atoms with Crippen molar-refractivity contribution in [2.45, 2.75) is 39.7 Å². The molecule has 3 rings (SSSR count). The van der Waals surface area contributed by atoms with Crippen molar-refractivity contribution in [2.24, 2.45) is 13.0 Å². The summed E-state index contributed by atoms with van der Waals surface area (Å²) in [4.78, 5) is 19.2. The van der Waals surface area contributed by atoms with Gasteiger partial charge >= 0.3 is 0 Å². The van der Waals surface area contributed by atoms with E-state index in [9.17, 15) is 4.79 Å². The summed E-state index contributed by atoms with van der Waals surface area (Å²) in [5.74, 6) is 0.717. The van der Waals surface area contributed by atoms with Crippen LogP contribution < -0.4 is 5.32 Å². The van der Waals surface area contributed by atoms with Gasteiger partial charge in [0.1, 0.15) is 5.82 Å². The lowest BCUT2D eigenvalue weighted by Gasteiger charge is -2.31. The fraction of sp³-hybridized carbons (Fsp3) is 0.526. The second kappa shape index (κ2) is 7.78. The second-order valence-electron chi connectivity index (χ2n) is 6.91. The number of aromatic nitrogens is 3. The normalized spacial score (nSPS) is 18.3. The van der Waals surface area contributed by atoms with Gasteiger partial charge in [0, 0.05) is 38.1 Å². The van der Waals surface area contributed by atoms with Crippen LogP contribution in [0.2, 0.25) is 0 Å². The molecule has 2 aromatic rings. The van der Waals surface area contributed by atoms with Crippen LogP contribution >= 0.6 is 0 Å². The predicted molar refractivity (Wildman–Crippen MR) is 98.2 cm³/mol. The van der Waals surface area contributed by atoms with Gasteiger partial charge in [0.2, 0.25) is 5.91 Å². The van der Waals surface area contributed by atoms with Crippen LogP contribution in [-0.2, 0) is 24.8 Å². The van der Waals surface area contributed by atoms with Gasteiger partial charge in [0.25, 0.3) is 0 Å². The molecule has 1 saturated heterocycles. The van der Waals surface area contributed by atoms with Crippen molar-refractivity contribution >= 4 is 11.7 Å². The van der Waals surface area contributed by atoms with E-state index < -0.39 is 0 Å². The zero-order valence-corrected chi connectivity index (χ0v) is 15.3. The van der Waals surface area contributed by atoms with Crippen molar-refractivity contribution in [3.63, 3.8) is 0 Å². The van der Waals surface area contributed by atoms with Crippen LogP contribution in [0.5, 0.6) is 0 Å². The molecule has 0 bridgehead atoms. The van der Waals surface area contributed by atoms with E-state index >= 15 is 0 Å². The Balaban J connectivity index is 1.60. The van der Waals surface area contributed by atoms with E-state index in [2.05, 4.69) is 33.4 Å². The molecule has 0 unspecified atom stereocenters. The maximum Gasteiger partial charge on any atom is 0.229 e. The second-order valence-corrected chi connectivity index (χ2v) is 6.91. The third kappa shape index (κ3) is 4.45. The van der Waals surface area contributed by atoms with E-state index in [0.29, 0.717) is 5.82 Å². The number of amides is 1. The van der Waals surface area contributed by atoms with Crippen LogP contribution in [0.4, 0.5) is 5.82 Å². The summed E-state index contributed by atoms with van der Waals surface area (Å²) in [5.41, 5.74) is 3.51. The Labute approximate surface area is 149 Å². The van der Waals surface area contributed by atoms with Crippen molar-refractivity contribution < 1.29 is 4.79 Å². The molecule has 0 radical (unpaired) electrons. The highest BCUT2D eigenvalue weighted by atomic mass is 16.2. The van der Waals surface area contributed by atoms with Crippen molar-refractivity contribution in [3.05, 3.63) is 41.3 Å². The van der Waals surface area contributed by atoms with Crippen molar-refractivity contribution in [2.75, 3.05) is 18.4 Å². The lowest BCUT2D eigenvalue weighted by molar-refractivity contribution is -0.121. The molecule has 1 aliphatic rings. The maximum absolute atomic E-state index is 12.6. The molecule has 134 valence electrons. The summed E-state index contributed by atoms with van der Waals surface area (Å²) in [6, 6.07) is 3.82. The fourth-order valence-corrected chi connectivity index (χ4v) is 3.44. The first kappa shape index (κ1) is 17.6. The molecule has 1 amide bonds. The largest absolute Gasteiger partial charge is 0.310 e. The fourth-order valence-electron chi connectivity index (χ4n) is 3.44. The number of piperidine rings is 1. The number of carbonyl (C=O) groups is 1. The number of nitrogens with one attached hydrogen (secondary N) is 1. The van der Waals surface area contributed by atoms with Crippen molar-refractivity contribution in [1.82, 2.24) is 19.7 Å². The predicted octanol–water partition coefficient (Wildman–Crippen LogP) is 2.54. The average Bonchev–Trinajstić information content (AvgIpc) is 2.96. The first-order valence-electron chi connectivity index (χ1n) is 9.02. The Morgan fingerprint density at radius 1 is 1.40 bits per heavy atom. The molecule has 6 heteroatoms. The summed E-state index contributed by atoms with van der Waals surface area (Å²) in [5, 5.41) is 7.47. The molecule has 0 saturated carbocycles. The number of hydrogen-bond acceptors (Lipinski definition) is 4. The number of carbonyl (C=O) groups excluding carboxylic acids is 1. The van der Waals surface area contributed by atoms with Crippen molar-refractivity contribution in [3.8, 4) is 0 Å². The molecule has 0 spiro atoms. The summed E-state index contributed by atoms with van der Waals surface area (Å²) in [7, 11) is 1.96. The van der Waals surface area contributed by atoms with Gasteiger partial charge in [-0.1, -0.05) is 13.0 Å². The van der Waals surface area contributed by atoms with E-state index in [4.69, 9.17) is 0 Å². The highest BCUT2D eigenvalue weighted by Gasteiger charge is 2.26. The minimum atomic E-state index is 0.0126. The number of nitrogens with zero attached hydrogens (tertiary/aromatic N) is 4. The van der Waals surface area contributed by atoms with E-state index in [-0.39, 0.29) is 11.8 Å². The van der Waals surface area contributed by atoms with Crippen LogP contribution in [-0.4, -0.2) is 38.7 Å². The Kier molecular flexibility index (Phi) is 5.48. The molecule has 1 aliphatic heterocycles. The number of pyridine rings is 1. The standard InChI is InChI=1S/C19H27N5O/c1-4-17-16(11-23(3)22-17)13-24-9-5-6-15(12-24)19(25)21-18-8-7-14(2)10-20-18/h7-8,10-11,15H,4-6,9,12-13H2,1-3H3,(H,20,21,25)/t15-/m0/s1. The zero-order chi connectivity index (χ0) is 17.8. The zero-order valence-electron chi connectivity index (χ0n) is 15.3. The first-order chi connectivity index (χ1) is 12.0. The van der Waals surface area contributed by atoms with Gasteiger partial charge in [-0.25, -0.2) is 4.98 Å². The first-order valence-corrected chi connectivity index (χ1v) is 9.02. The Hall–Kier alpha value is -2.21. The molecule has 1 fully saturated rings. The highest BCUT2D eigenvalue weighted by molar-refractivity contribution is 5.91. The van der Waals surface area contributed by atoms with Crippen LogP contribution in [0.15, 0.2) is 24.5 Å². The third-order valence-corrected chi connectivity index (χ3v) is 4.76. The van der Waals surface area contributed by atoms with Crippen LogP contribution in [0.1, 0.15) is 36.6 Å². The van der Waals surface area contributed by atoms with Crippen molar-refractivity contribution in [1.29, 1.82) is 0 Å². The number of hydrogen-bond donors (Lipinski definition) is 1. The van der Waals surface area contributed by atoms with Gasteiger partial charge in [-0.3, -0.25) is 14.4 Å². The minimum absolute atomic E-state index is 0.0126. The highest BCUT2D eigenvalue weighted by Crippen LogP contribution is 2.21. The van der Waals surface area contributed by atoms with E-state index in [1.165, 1.54) is 5.56 Å². The minimum Gasteiger partial charge on any atom is -0.310 e. The Morgan fingerprint density at radius 2 is 2.24 bits per heavy atom. The van der Waals surface area contributed by atoms with Gasteiger partial charge in [-0.2, -0.15) is 5.10 Å². The molecular weight excluding hydrogens is 314 g/mol. The summed E-state index contributed by atoms with van der Waals surface area (Å²) < 4.78 is 1.88. The van der Waals surface area contributed by atoms with Crippen LogP contribution in [0.3, 0.4) is 0 Å². The Morgan fingerprint density at radius 3 is 2.96 bits per heavy atom. The summed E-state index contributed by atoms with van der Waals surface area (Å²) >= 11 is 0. The average molecular weight is 341 g/mol. The SMILES string of the molecule is CCc1nn(C)cc1CN1CCC[C@H](C(=O)Nc2ccc(C)cn2)C1. The van der Waals surface area contributed by atoms with Gasteiger partial charge in [-0.15, -0.1) is 0 Å². The van der Waals surface area contributed by atoms with Gasteiger partial charge in [0.15, 0.2) is 0 Å². The molecule has 6 nitrogen and oxygen atoms in total.